The zero-order valence-corrected chi connectivity index (χ0v) is 15.9. The predicted molar refractivity (Wildman–Crippen MR) is 102 cm³/mol. The van der Waals surface area contributed by atoms with E-state index in [4.69, 9.17) is 21.6 Å². The van der Waals surface area contributed by atoms with Crippen molar-refractivity contribution >= 4 is 29.8 Å². The van der Waals surface area contributed by atoms with Crippen molar-refractivity contribution in [2.75, 3.05) is 19.7 Å². The topological polar surface area (TPSA) is 75.0 Å². The van der Waals surface area contributed by atoms with E-state index in [-0.39, 0.29) is 36.4 Å². The highest BCUT2D eigenvalue weighted by Crippen LogP contribution is 2.26. The maximum Gasteiger partial charge on any atom is 0.167 e. The van der Waals surface area contributed by atoms with Crippen molar-refractivity contribution in [3.63, 3.8) is 0 Å². The lowest BCUT2D eigenvalue weighted by molar-refractivity contribution is 0.0277. The number of carbonyl (C=O) groups excluding carboxylic acids is 1. The Bertz CT molecular complexity index is 843. The Hall–Kier alpha value is -1.97. The normalized spacial score (nSPS) is 16.4. The minimum Gasteiger partial charge on any atom is -0.371 e. The summed E-state index contributed by atoms with van der Waals surface area (Å²) < 4.78 is 5.72. The molecule has 0 unspecified atom stereocenters. The van der Waals surface area contributed by atoms with Gasteiger partial charge in [0, 0.05) is 35.8 Å². The highest BCUT2D eigenvalue weighted by molar-refractivity contribution is 6.31. The number of nitrogens with one attached hydrogen (secondary N) is 1. The van der Waals surface area contributed by atoms with Crippen molar-refractivity contribution in [2.24, 2.45) is 0 Å². The van der Waals surface area contributed by atoms with Gasteiger partial charge in [-0.05, 0) is 36.2 Å². The fourth-order valence-corrected chi connectivity index (χ4v) is 3.10. The number of nitrogens with zero attached hydrogens (tertiary/aromatic N) is 2. The van der Waals surface area contributed by atoms with E-state index in [2.05, 4.69) is 10.3 Å². The number of halogens is 2. The fraction of sp³-hybridized carbons (Fsp3) is 0.316. The van der Waals surface area contributed by atoms with Crippen LogP contribution in [0.15, 0.2) is 30.3 Å². The Morgan fingerprint density at radius 1 is 1.42 bits per heavy atom. The molecular weight excluding hydrogens is 373 g/mol. The van der Waals surface area contributed by atoms with Crippen LogP contribution in [0.4, 0.5) is 0 Å². The zero-order chi connectivity index (χ0) is 17.8. The molecule has 0 radical (unpaired) electrons. The smallest absolute Gasteiger partial charge is 0.167 e. The molecule has 1 fully saturated rings. The molecule has 5 nitrogen and oxygen atoms in total. The van der Waals surface area contributed by atoms with Crippen molar-refractivity contribution < 1.29 is 9.53 Å². The van der Waals surface area contributed by atoms with Gasteiger partial charge in [0.25, 0.3) is 0 Å². The van der Waals surface area contributed by atoms with E-state index >= 15 is 0 Å². The molecule has 1 aliphatic rings. The van der Waals surface area contributed by atoms with Gasteiger partial charge < -0.3 is 10.1 Å². The van der Waals surface area contributed by atoms with Gasteiger partial charge in [-0.2, -0.15) is 5.26 Å². The van der Waals surface area contributed by atoms with Gasteiger partial charge in [0.1, 0.15) is 11.8 Å². The molecule has 1 atom stereocenters. The van der Waals surface area contributed by atoms with Crippen LogP contribution in [0.25, 0.3) is 0 Å². The molecule has 1 saturated heterocycles. The number of aryl methyl sites for hydroxylation is 1. The van der Waals surface area contributed by atoms with Gasteiger partial charge in [0.2, 0.25) is 0 Å². The van der Waals surface area contributed by atoms with Gasteiger partial charge >= 0.3 is 0 Å². The molecule has 0 saturated carbocycles. The van der Waals surface area contributed by atoms with Gasteiger partial charge in [0.05, 0.1) is 12.7 Å². The third-order valence-corrected chi connectivity index (χ3v) is 4.47. The van der Waals surface area contributed by atoms with E-state index < -0.39 is 0 Å². The average molecular weight is 392 g/mol. The van der Waals surface area contributed by atoms with E-state index in [1.54, 1.807) is 13.0 Å². The van der Waals surface area contributed by atoms with Gasteiger partial charge in [0.15, 0.2) is 5.78 Å². The zero-order valence-electron chi connectivity index (χ0n) is 14.3. The van der Waals surface area contributed by atoms with Crippen LogP contribution in [-0.2, 0) is 11.2 Å². The number of Topliss-reactive ketones (excluding diaryl/α,β-unsaturated/α-hetero) is 1. The summed E-state index contributed by atoms with van der Waals surface area (Å²) in [5.41, 5.74) is 3.12. The van der Waals surface area contributed by atoms with Gasteiger partial charge in [-0.3, -0.25) is 4.79 Å². The largest absolute Gasteiger partial charge is 0.371 e. The van der Waals surface area contributed by atoms with E-state index in [0.29, 0.717) is 22.9 Å². The van der Waals surface area contributed by atoms with Crippen LogP contribution in [0.5, 0.6) is 0 Å². The minimum absolute atomic E-state index is 0. The lowest BCUT2D eigenvalue weighted by atomic mass is 10.00. The molecular formula is C19H19Cl2N3O2. The first kappa shape index (κ1) is 20.3. The Balaban J connectivity index is 0.00000243. The summed E-state index contributed by atoms with van der Waals surface area (Å²) in [6.07, 6.45) is 0.161. The van der Waals surface area contributed by atoms with Gasteiger partial charge in [-0.1, -0.05) is 23.7 Å². The minimum atomic E-state index is -0.0905. The summed E-state index contributed by atoms with van der Waals surface area (Å²) >= 11 is 6.38. The molecule has 2 heterocycles. The van der Waals surface area contributed by atoms with Crippen LogP contribution in [0.1, 0.15) is 39.0 Å². The van der Waals surface area contributed by atoms with Crippen molar-refractivity contribution in [2.45, 2.75) is 19.4 Å². The highest BCUT2D eigenvalue weighted by Gasteiger charge is 2.18. The second-order valence-electron chi connectivity index (χ2n) is 6.01. The van der Waals surface area contributed by atoms with Gasteiger partial charge in [-0.15, -0.1) is 12.4 Å². The molecule has 0 spiro atoms. The SMILES string of the molecule is Cc1cc(C(=O)Cc2ccc([C@H]3CNCCO3)cc2Cl)cc(C#N)n1.Cl. The van der Waals surface area contributed by atoms with Crippen molar-refractivity contribution in [1.82, 2.24) is 10.3 Å². The van der Waals surface area contributed by atoms with E-state index in [0.717, 1.165) is 24.2 Å². The number of aromatic nitrogens is 1. The summed E-state index contributed by atoms with van der Waals surface area (Å²) in [4.78, 5) is 16.6. The monoisotopic (exact) mass is 391 g/mol. The molecule has 1 N–H and O–H groups in total. The lowest BCUT2D eigenvalue weighted by Crippen LogP contribution is -2.33. The number of pyridine rings is 1. The molecule has 1 aromatic heterocycles. The van der Waals surface area contributed by atoms with Crippen molar-refractivity contribution in [1.29, 1.82) is 5.26 Å². The maximum atomic E-state index is 12.5. The van der Waals surface area contributed by atoms with Crippen LogP contribution in [0.2, 0.25) is 5.02 Å². The molecule has 1 aromatic carbocycles. The van der Waals surface area contributed by atoms with Crippen molar-refractivity contribution in [3.8, 4) is 6.07 Å². The molecule has 1 aliphatic heterocycles. The quantitative estimate of drug-likeness (QED) is 0.807. The highest BCUT2D eigenvalue weighted by atomic mass is 35.5. The van der Waals surface area contributed by atoms with Crippen LogP contribution >= 0.6 is 24.0 Å². The number of hydrogen-bond acceptors (Lipinski definition) is 5. The molecule has 26 heavy (non-hydrogen) atoms. The number of rotatable bonds is 4. The summed E-state index contributed by atoms with van der Waals surface area (Å²) in [7, 11) is 0. The predicted octanol–water partition coefficient (Wildman–Crippen LogP) is 3.42. The van der Waals surface area contributed by atoms with Gasteiger partial charge in [-0.25, -0.2) is 4.98 Å². The first-order valence-corrected chi connectivity index (χ1v) is 8.47. The van der Waals surface area contributed by atoms with Crippen molar-refractivity contribution in [3.05, 3.63) is 63.4 Å². The Labute approximate surface area is 163 Å². The standard InChI is InChI=1S/C19H18ClN3O2.ClH/c1-12-6-15(7-16(10-21)23-12)18(24)9-13-2-3-14(8-17(13)20)19-11-22-4-5-25-19;/h2-3,6-8,19,22H,4-5,9,11H2,1H3;1H/t19-;/m1./s1. The molecule has 0 amide bonds. The molecule has 0 bridgehead atoms. The summed E-state index contributed by atoms with van der Waals surface area (Å²) in [5.74, 6) is -0.0905. The van der Waals surface area contributed by atoms with E-state index in [1.807, 2.05) is 24.3 Å². The Morgan fingerprint density at radius 2 is 2.23 bits per heavy atom. The van der Waals surface area contributed by atoms with Crippen LogP contribution in [-0.4, -0.2) is 30.5 Å². The lowest BCUT2D eigenvalue weighted by Gasteiger charge is -2.24. The molecule has 7 heteroatoms. The van der Waals surface area contributed by atoms with E-state index in [9.17, 15) is 4.79 Å². The number of ketones is 1. The second-order valence-corrected chi connectivity index (χ2v) is 6.42. The number of hydrogen-bond donors (Lipinski definition) is 1. The number of carbonyl (C=O) groups is 1. The van der Waals surface area contributed by atoms with E-state index in [1.165, 1.54) is 6.07 Å². The molecule has 136 valence electrons. The Morgan fingerprint density at radius 3 is 2.88 bits per heavy atom. The second kappa shape index (κ2) is 9.11. The first-order valence-electron chi connectivity index (χ1n) is 8.09. The maximum absolute atomic E-state index is 12.5. The van der Waals surface area contributed by atoms with Crippen LogP contribution in [0.3, 0.4) is 0 Å². The molecule has 3 rings (SSSR count). The third-order valence-electron chi connectivity index (χ3n) is 4.12. The number of morpholine rings is 1. The summed E-state index contributed by atoms with van der Waals surface area (Å²) in [5, 5.41) is 12.8. The number of nitriles is 1. The summed E-state index contributed by atoms with van der Waals surface area (Å²) in [6.45, 7) is 4.04. The fourth-order valence-electron chi connectivity index (χ4n) is 2.85. The first-order chi connectivity index (χ1) is 12.1. The molecule has 2 aromatic rings. The Kier molecular flexibility index (Phi) is 7.13. The summed E-state index contributed by atoms with van der Waals surface area (Å²) in [6, 6.07) is 10.9. The van der Waals surface area contributed by atoms with Crippen LogP contribution in [0, 0.1) is 18.3 Å². The number of benzene rings is 1. The third kappa shape index (κ3) is 4.80. The van der Waals surface area contributed by atoms with Crippen LogP contribution < -0.4 is 5.32 Å². The average Bonchev–Trinajstić information content (AvgIpc) is 2.63. The molecule has 0 aliphatic carbocycles. The number of ether oxygens (including phenoxy) is 1.